The van der Waals surface area contributed by atoms with E-state index in [1.54, 1.807) is 24.3 Å². The van der Waals surface area contributed by atoms with Crippen LogP contribution in [0.1, 0.15) is 22.1 Å². The van der Waals surface area contributed by atoms with Crippen molar-refractivity contribution in [3.05, 3.63) is 59.7 Å². The molecule has 2 N–H and O–H groups in total. The van der Waals surface area contributed by atoms with Gasteiger partial charge in [-0.3, -0.25) is 4.79 Å². The molecule has 2 atom stereocenters. The van der Waals surface area contributed by atoms with Crippen LogP contribution in [0, 0.1) is 0 Å². The zero-order chi connectivity index (χ0) is 19.8. The summed E-state index contributed by atoms with van der Waals surface area (Å²) >= 11 is 0. The van der Waals surface area contributed by atoms with Gasteiger partial charge in [0.1, 0.15) is 11.9 Å². The molecule has 4 nitrogen and oxygen atoms in total. The Morgan fingerprint density at radius 2 is 1.56 bits per heavy atom. The number of halogens is 6. The lowest BCUT2D eigenvalue weighted by atomic mass is 10.1. The predicted molar refractivity (Wildman–Crippen MR) is 83.2 cm³/mol. The Morgan fingerprint density at radius 3 is 2.19 bits per heavy atom. The maximum Gasteiger partial charge on any atom is 0.439 e. The number of alkyl halides is 6. The van der Waals surface area contributed by atoms with Crippen LogP contribution in [0.2, 0.25) is 0 Å². The van der Waals surface area contributed by atoms with Crippen molar-refractivity contribution in [1.82, 2.24) is 5.32 Å². The smallest absolute Gasteiger partial charge is 0.430 e. The van der Waals surface area contributed by atoms with Gasteiger partial charge in [0.05, 0.1) is 5.56 Å². The van der Waals surface area contributed by atoms with Gasteiger partial charge in [-0.2, -0.15) is 22.0 Å². The van der Waals surface area contributed by atoms with E-state index in [1.807, 2.05) is 0 Å². The summed E-state index contributed by atoms with van der Waals surface area (Å²) in [5.41, 5.74) is 1.42. The second kappa shape index (κ2) is 6.67. The van der Waals surface area contributed by atoms with Crippen molar-refractivity contribution in [3.63, 3.8) is 0 Å². The van der Waals surface area contributed by atoms with Crippen molar-refractivity contribution in [2.75, 3.05) is 5.32 Å². The van der Waals surface area contributed by atoms with E-state index in [0.29, 0.717) is 16.8 Å². The summed E-state index contributed by atoms with van der Waals surface area (Å²) in [5, 5.41) is 5.67. The summed E-state index contributed by atoms with van der Waals surface area (Å²) in [5.74, 6) is -1.01. The molecule has 10 heteroatoms. The van der Waals surface area contributed by atoms with Crippen LogP contribution in [-0.4, -0.2) is 24.4 Å². The van der Waals surface area contributed by atoms with E-state index in [1.165, 1.54) is 12.1 Å². The fourth-order valence-corrected chi connectivity index (χ4v) is 2.50. The lowest BCUT2D eigenvalue weighted by Gasteiger charge is -2.28. The Bertz CT molecular complexity index is 838. The van der Waals surface area contributed by atoms with E-state index in [9.17, 15) is 31.1 Å². The minimum atomic E-state index is -5.76. The fourth-order valence-electron chi connectivity index (χ4n) is 2.50. The summed E-state index contributed by atoms with van der Waals surface area (Å²) in [6, 6.07) is 11.1. The maximum absolute atomic E-state index is 13.3. The van der Waals surface area contributed by atoms with Crippen LogP contribution in [0.5, 0.6) is 5.75 Å². The molecular weight excluding hydrogens is 378 g/mol. The summed E-state index contributed by atoms with van der Waals surface area (Å²) in [7, 11) is 0. The molecule has 1 amide bonds. The summed E-state index contributed by atoms with van der Waals surface area (Å²) in [6.45, 7) is 0. The molecular formula is C17H12F6N2O2. The highest BCUT2D eigenvalue weighted by molar-refractivity contribution is 6.01. The third kappa shape index (κ3) is 3.93. The fraction of sp³-hybridized carbons (Fsp3) is 0.235. The molecule has 1 heterocycles. The van der Waals surface area contributed by atoms with Crippen LogP contribution in [0.3, 0.4) is 0 Å². The minimum Gasteiger partial charge on any atom is -0.430 e. The molecule has 144 valence electrons. The van der Waals surface area contributed by atoms with Gasteiger partial charge in [-0.05, 0) is 29.8 Å². The number of carbonyl (C=O) groups is 1. The number of amides is 1. The SMILES string of the molecule is O=C1NC(c2ccc(OC(F)(F)C(F)C(F)(F)F)cc2)Nc2ccccc21. The van der Waals surface area contributed by atoms with E-state index in [2.05, 4.69) is 15.4 Å². The molecule has 1 aliphatic heterocycles. The molecule has 27 heavy (non-hydrogen) atoms. The Morgan fingerprint density at radius 1 is 0.926 bits per heavy atom. The number of rotatable bonds is 4. The van der Waals surface area contributed by atoms with Crippen molar-refractivity contribution in [2.45, 2.75) is 24.6 Å². The molecule has 0 bridgehead atoms. The highest BCUT2D eigenvalue weighted by Gasteiger charge is 2.59. The zero-order valence-electron chi connectivity index (χ0n) is 13.4. The van der Waals surface area contributed by atoms with E-state index in [0.717, 1.165) is 12.1 Å². The van der Waals surface area contributed by atoms with E-state index >= 15 is 0 Å². The quantitative estimate of drug-likeness (QED) is 0.761. The van der Waals surface area contributed by atoms with Gasteiger partial charge in [0.15, 0.2) is 0 Å². The lowest BCUT2D eigenvalue weighted by molar-refractivity contribution is -0.304. The first-order valence-corrected chi connectivity index (χ1v) is 7.62. The minimum absolute atomic E-state index is 0.355. The topological polar surface area (TPSA) is 50.4 Å². The number of fused-ring (bicyclic) bond motifs is 1. The average molecular weight is 390 g/mol. The molecule has 2 aromatic rings. The number of hydrogen-bond acceptors (Lipinski definition) is 3. The zero-order valence-corrected chi connectivity index (χ0v) is 13.4. The number of carbonyl (C=O) groups excluding carboxylic acids is 1. The molecule has 0 spiro atoms. The van der Waals surface area contributed by atoms with E-state index < -0.39 is 30.4 Å². The van der Waals surface area contributed by atoms with Crippen LogP contribution >= 0.6 is 0 Å². The van der Waals surface area contributed by atoms with Crippen molar-refractivity contribution in [3.8, 4) is 5.75 Å². The van der Waals surface area contributed by atoms with Gasteiger partial charge in [-0.15, -0.1) is 0 Å². The third-order valence-corrected chi connectivity index (χ3v) is 3.80. The van der Waals surface area contributed by atoms with Crippen molar-refractivity contribution >= 4 is 11.6 Å². The van der Waals surface area contributed by atoms with E-state index in [4.69, 9.17) is 0 Å². The first-order chi connectivity index (χ1) is 12.6. The second-order valence-electron chi connectivity index (χ2n) is 5.73. The van der Waals surface area contributed by atoms with Crippen LogP contribution in [0.4, 0.5) is 32.0 Å². The third-order valence-electron chi connectivity index (χ3n) is 3.80. The summed E-state index contributed by atoms with van der Waals surface area (Å²) < 4.78 is 79.7. The van der Waals surface area contributed by atoms with Crippen LogP contribution < -0.4 is 15.4 Å². The molecule has 0 aromatic heterocycles. The monoisotopic (exact) mass is 390 g/mol. The molecule has 2 aromatic carbocycles. The van der Waals surface area contributed by atoms with Gasteiger partial charge >= 0.3 is 12.3 Å². The van der Waals surface area contributed by atoms with Gasteiger partial charge in [-0.25, -0.2) is 4.39 Å². The summed E-state index contributed by atoms with van der Waals surface area (Å²) in [4.78, 5) is 12.1. The lowest BCUT2D eigenvalue weighted by Crippen LogP contribution is -2.45. The Labute approximate surface area is 149 Å². The van der Waals surface area contributed by atoms with E-state index in [-0.39, 0.29) is 5.91 Å². The molecule has 0 radical (unpaired) electrons. The molecule has 3 rings (SSSR count). The van der Waals surface area contributed by atoms with Crippen molar-refractivity contribution < 1.29 is 35.9 Å². The number of benzene rings is 2. The average Bonchev–Trinajstić information content (AvgIpc) is 2.60. The van der Waals surface area contributed by atoms with Crippen LogP contribution in [0.25, 0.3) is 0 Å². The number of ether oxygens (including phenoxy) is 1. The highest BCUT2D eigenvalue weighted by Crippen LogP contribution is 2.37. The number of hydrogen-bond donors (Lipinski definition) is 2. The van der Waals surface area contributed by atoms with Crippen molar-refractivity contribution in [2.24, 2.45) is 0 Å². The van der Waals surface area contributed by atoms with Gasteiger partial charge in [0, 0.05) is 5.69 Å². The maximum atomic E-state index is 13.3. The first-order valence-electron chi connectivity index (χ1n) is 7.62. The number of para-hydroxylation sites is 1. The summed E-state index contributed by atoms with van der Waals surface area (Å²) in [6.07, 6.45) is -16.0. The van der Waals surface area contributed by atoms with Gasteiger partial charge < -0.3 is 15.4 Å². The first kappa shape index (κ1) is 18.9. The predicted octanol–water partition coefficient (Wildman–Crippen LogP) is 4.41. The normalized spacial score (nSPS) is 18.1. The van der Waals surface area contributed by atoms with Crippen molar-refractivity contribution in [1.29, 1.82) is 0 Å². The Balaban J connectivity index is 1.74. The van der Waals surface area contributed by atoms with Crippen LogP contribution in [-0.2, 0) is 0 Å². The number of nitrogens with one attached hydrogen (secondary N) is 2. The molecule has 0 aliphatic carbocycles. The molecule has 0 saturated carbocycles. The van der Waals surface area contributed by atoms with Gasteiger partial charge in [0.25, 0.3) is 12.1 Å². The molecule has 0 saturated heterocycles. The second-order valence-corrected chi connectivity index (χ2v) is 5.73. The Hall–Kier alpha value is -2.91. The Kier molecular flexibility index (Phi) is 4.66. The molecule has 2 unspecified atom stereocenters. The highest BCUT2D eigenvalue weighted by atomic mass is 19.4. The largest absolute Gasteiger partial charge is 0.439 e. The standard InChI is InChI=1S/C17H12F6N2O2/c18-15(16(19,20)21)17(22,23)27-10-7-5-9(6-8-10)13-24-12-4-2-1-3-11(12)14(26)25-13/h1-8,13,15,24H,(H,25,26). The molecule has 0 fully saturated rings. The van der Waals surface area contributed by atoms with Gasteiger partial charge in [-0.1, -0.05) is 24.3 Å². The van der Waals surface area contributed by atoms with Gasteiger partial charge in [0.2, 0.25) is 0 Å². The number of anilines is 1. The van der Waals surface area contributed by atoms with Crippen LogP contribution in [0.15, 0.2) is 48.5 Å². The molecule has 1 aliphatic rings.